The number of rotatable bonds is 1. The maximum absolute atomic E-state index is 8.85. The van der Waals surface area contributed by atoms with E-state index in [1.54, 1.807) is 6.92 Å². The van der Waals surface area contributed by atoms with E-state index >= 15 is 0 Å². The molecule has 1 aliphatic carbocycles. The summed E-state index contributed by atoms with van der Waals surface area (Å²) in [6, 6.07) is 5.88. The summed E-state index contributed by atoms with van der Waals surface area (Å²) in [6.45, 7) is 1.76. The first kappa shape index (κ1) is 10.0. The maximum Gasteiger partial charge on any atom is 0.223 e. The molecule has 1 heterocycles. The third-order valence-electron chi connectivity index (χ3n) is 2.95. The van der Waals surface area contributed by atoms with E-state index in [1.807, 2.05) is 18.2 Å². The average molecular weight is 229 g/mol. The van der Waals surface area contributed by atoms with Crippen molar-refractivity contribution in [3.8, 4) is 11.4 Å². The van der Waals surface area contributed by atoms with Crippen molar-refractivity contribution in [1.82, 2.24) is 10.1 Å². The minimum atomic E-state index is 0.554. The zero-order chi connectivity index (χ0) is 11.8. The van der Waals surface area contributed by atoms with Crippen LogP contribution in [0.1, 0.15) is 23.4 Å². The Morgan fingerprint density at radius 1 is 1.35 bits per heavy atom. The van der Waals surface area contributed by atoms with Gasteiger partial charge in [-0.15, -0.1) is 0 Å². The van der Waals surface area contributed by atoms with Gasteiger partial charge in [0.15, 0.2) is 0 Å². The number of hydrogen-bond donors (Lipinski definition) is 1. The van der Waals surface area contributed by atoms with E-state index in [2.05, 4.69) is 15.3 Å². The van der Waals surface area contributed by atoms with Crippen LogP contribution in [-0.4, -0.2) is 21.1 Å². The molecule has 0 atom stereocenters. The van der Waals surface area contributed by atoms with E-state index in [0.29, 0.717) is 11.7 Å². The van der Waals surface area contributed by atoms with Crippen LogP contribution in [0.5, 0.6) is 0 Å². The summed E-state index contributed by atoms with van der Waals surface area (Å²) in [7, 11) is 0. The van der Waals surface area contributed by atoms with Gasteiger partial charge in [-0.1, -0.05) is 22.4 Å². The molecule has 17 heavy (non-hydrogen) atoms. The lowest BCUT2D eigenvalue weighted by molar-refractivity contribution is 0.318. The summed E-state index contributed by atoms with van der Waals surface area (Å²) in [5, 5.41) is 16.0. The predicted octanol–water partition coefficient (Wildman–Crippen LogP) is 2.17. The quantitative estimate of drug-likeness (QED) is 0.600. The lowest BCUT2D eigenvalue weighted by Crippen LogP contribution is -1.94. The minimum absolute atomic E-state index is 0.554. The maximum atomic E-state index is 8.85. The van der Waals surface area contributed by atoms with Crippen molar-refractivity contribution in [3.63, 3.8) is 0 Å². The Morgan fingerprint density at radius 2 is 2.24 bits per heavy atom. The summed E-state index contributed by atoms with van der Waals surface area (Å²) in [4.78, 5) is 4.19. The number of aromatic nitrogens is 2. The second kappa shape index (κ2) is 3.69. The van der Waals surface area contributed by atoms with Crippen LogP contribution in [-0.2, 0) is 6.42 Å². The number of benzene rings is 1. The lowest BCUT2D eigenvalue weighted by atomic mass is 10.1. The van der Waals surface area contributed by atoms with E-state index in [1.165, 1.54) is 0 Å². The highest BCUT2D eigenvalue weighted by Gasteiger charge is 2.19. The molecule has 5 heteroatoms. The highest BCUT2D eigenvalue weighted by atomic mass is 16.5. The fourth-order valence-corrected chi connectivity index (χ4v) is 2.13. The average Bonchev–Trinajstić information content (AvgIpc) is 2.94. The van der Waals surface area contributed by atoms with Gasteiger partial charge in [0.2, 0.25) is 11.7 Å². The van der Waals surface area contributed by atoms with Gasteiger partial charge in [-0.05, 0) is 24.5 Å². The molecule has 0 unspecified atom stereocenters. The first-order chi connectivity index (χ1) is 8.28. The Bertz CT molecular complexity index is 602. The molecule has 0 amide bonds. The smallest absolute Gasteiger partial charge is 0.223 e. The van der Waals surface area contributed by atoms with Crippen LogP contribution < -0.4 is 0 Å². The number of fused-ring (bicyclic) bond motifs is 1. The van der Waals surface area contributed by atoms with Crippen LogP contribution in [0.15, 0.2) is 27.9 Å². The summed E-state index contributed by atoms with van der Waals surface area (Å²) < 4.78 is 4.96. The molecule has 1 aromatic carbocycles. The van der Waals surface area contributed by atoms with Crippen LogP contribution in [0.2, 0.25) is 0 Å². The molecule has 0 bridgehead atoms. The van der Waals surface area contributed by atoms with Crippen molar-refractivity contribution in [2.45, 2.75) is 19.8 Å². The first-order valence-corrected chi connectivity index (χ1v) is 5.43. The van der Waals surface area contributed by atoms with Gasteiger partial charge in [0, 0.05) is 18.1 Å². The largest absolute Gasteiger partial charge is 0.411 e. The summed E-state index contributed by atoms with van der Waals surface area (Å²) >= 11 is 0. The molecule has 2 aromatic rings. The van der Waals surface area contributed by atoms with Crippen molar-refractivity contribution in [3.05, 3.63) is 35.2 Å². The molecule has 0 fully saturated rings. The summed E-state index contributed by atoms with van der Waals surface area (Å²) in [5.41, 5.74) is 3.85. The van der Waals surface area contributed by atoms with Gasteiger partial charge in [-0.25, -0.2) is 0 Å². The van der Waals surface area contributed by atoms with Crippen LogP contribution >= 0.6 is 0 Å². The molecule has 5 nitrogen and oxygen atoms in total. The van der Waals surface area contributed by atoms with E-state index in [-0.39, 0.29) is 0 Å². The Labute approximate surface area is 97.8 Å². The van der Waals surface area contributed by atoms with E-state index in [4.69, 9.17) is 9.73 Å². The van der Waals surface area contributed by atoms with Crippen molar-refractivity contribution >= 4 is 5.71 Å². The Kier molecular flexibility index (Phi) is 2.18. The van der Waals surface area contributed by atoms with Crippen LogP contribution in [0.4, 0.5) is 0 Å². The molecular weight excluding hydrogens is 218 g/mol. The van der Waals surface area contributed by atoms with Gasteiger partial charge in [0.25, 0.3) is 0 Å². The monoisotopic (exact) mass is 229 g/mol. The SMILES string of the molecule is Cc1nc(-c2ccc3c(c2)CC/C3=N/O)no1. The molecule has 0 spiro atoms. The summed E-state index contributed by atoms with van der Waals surface area (Å²) in [6.07, 6.45) is 1.67. The standard InChI is InChI=1S/C12H11N3O2/c1-7-13-12(15-17-7)9-2-4-10-8(6-9)3-5-11(10)14-16/h2,4,6,16H,3,5H2,1H3/b14-11-. The van der Waals surface area contributed by atoms with Gasteiger partial charge in [0.1, 0.15) is 0 Å². The molecule has 3 rings (SSSR count). The molecule has 0 radical (unpaired) electrons. The third kappa shape index (κ3) is 1.60. The number of oxime groups is 1. The Balaban J connectivity index is 2.06. The van der Waals surface area contributed by atoms with Crippen molar-refractivity contribution in [2.75, 3.05) is 0 Å². The van der Waals surface area contributed by atoms with E-state index in [0.717, 1.165) is 35.2 Å². The molecule has 1 aromatic heterocycles. The molecule has 1 N–H and O–H groups in total. The minimum Gasteiger partial charge on any atom is -0.411 e. The van der Waals surface area contributed by atoms with Crippen molar-refractivity contribution in [2.24, 2.45) is 5.16 Å². The number of hydrogen-bond acceptors (Lipinski definition) is 5. The van der Waals surface area contributed by atoms with Gasteiger partial charge in [-0.3, -0.25) is 0 Å². The highest BCUT2D eigenvalue weighted by molar-refractivity contribution is 6.04. The normalized spacial score (nSPS) is 16.4. The second-order valence-electron chi connectivity index (χ2n) is 4.06. The zero-order valence-electron chi connectivity index (χ0n) is 9.34. The predicted molar refractivity (Wildman–Crippen MR) is 61.1 cm³/mol. The molecule has 0 saturated heterocycles. The Hall–Kier alpha value is -2.17. The lowest BCUT2D eigenvalue weighted by Gasteiger charge is -2.00. The zero-order valence-corrected chi connectivity index (χ0v) is 9.34. The molecule has 1 aliphatic rings. The topological polar surface area (TPSA) is 71.5 Å². The fourth-order valence-electron chi connectivity index (χ4n) is 2.13. The fraction of sp³-hybridized carbons (Fsp3) is 0.250. The van der Waals surface area contributed by atoms with E-state index < -0.39 is 0 Å². The van der Waals surface area contributed by atoms with Crippen LogP contribution in [0.25, 0.3) is 11.4 Å². The highest BCUT2D eigenvalue weighted by Crippen LogP contribution is 2.27. The second-order valence-corrected chi connectivity index (χ2v) is 4.06. The number of nitrogens with zero attached hydrogens (tertiary/aromatic N) is 3. The van der Waals surface area contributed by atoms with E-state index in [9.17, 15) is 0 Å². The number of aryl methyl sites for hydroxylation is 2. The molecule has 0 saturated carbocycles. The molecule has 86 valence electrons. The van der Waals surface area contributed by atoms with Crippen molar-refractivity contribution < 1.29 is 9.73 Å². The molecule has 0 aliphatic heterocycles. The van der Waals surface area contributed by atoms with Gasteiger partial charge >= 0.3 is 0 Å². The Morgan fingerprint density at radius 3 is 2.94 bits per heavy atom. The molecular formula is C12H11N3O2. The van der Waals surface area contributed by atoms with Gasteiger partial charge in [-0.2, -0.15) is 4.98 Å². The van der Waals surface area contributed by atoms with Gasteiger partial charge < -0.3 is 9.73 Å². The van der Waals surface area contributed by atoms with Crippen LogP contribution in [0, 0.1) is 6.92 Å². The first-order valence-electron chi connectivity index (χ1n) is 5.43. The summed E-state index contributed by atoms with van der Waals surface area (Å²) in [5.74, 6) is 1.15. The van der Waals surface area contributed by atoms with Gasteiger partial charge in [0.05, 0.1) is 5.71 Å². The third-order valence-corrected chi connectivity index (χ3v) is 2.95. The van der Waals surface area contributed by atoms with Crippen molar-refractivity contribution in [1.29, 1.82) is 0 Å². The van der Waals surface area contributed by atoms with Crippen LogP contribution in [0.3, 0.4) is 0 Å².